The highest BCUT2D eigenvalue weighted by Gasteiger charge is 2.21. The van der Waals surface area contributed by atoms with Crippen LogP contribution in [0.5, 0.6) is 11.5 Å². The lowest BCUT2D eigenvalue weighted by molar-refractivity contribution is 0.174. The third-order valence-corrected chi connectivity index (χ3v) is 5.02. The number of nitrogens with two attached hydrogens (primary N) is 1. The Kier molecular flexibility index (Phi) is 5.61. The molecule has 0 aliphatic carbocycles. The molecule has 30 heavy (non-hydrogen) atoms. The molecule has 0 bridgehead atoms. The zero-order valence-electron chi connectivity index (χ0n) is 16.8. The van der Waals surface area contributed by atoms with E-state index in [1.165, 1.54) is 0 Å². The first kappa shape index (κ1) is 20.2. The summed E-state index contributed by atoms with van der Waals surface area (Å²) >= 11 is 6.05. The van der Waals surface area contributed by atoms with Crippen LogP contribution in [0.3, 0.4) is 0 Å². The molecule has 0 unspecified atom stereocenters. The average Bonchev–Trinajstić information content (AvgIpc) is 3.29. The minimum absolute atomic E-state index is 0.0776. The van der Waals surface area contributed by atoms with Gasteiger partial charge in [-0.1, -0.05) is 13.8 Å². The molecular weight excluding hydrogens is 406 g/mol. The summed E-state index contributed by atoms with van der Waals surface area (Å²) in [4.78, 5) is 13.1. The molecule has 0 saturated carbocycles. The Balaban J connectivity index is 1.72. The molecule has 1 aliphatic heterocycles. The molecule has 0 spiro atoms. The predicted octanol–water partition coefficient (Wildman–Crippen LogP) is 2.64. The standard InChI is InChI=1S/C20H22ClN7O2/c1-11(2)24-4-3-5-28-16(25-17-18(23)26-20(21)27-19(17)28)8-12-6-14-15(30-10-29-14)7-13(12)9-22/h6-7,11,24H,3-5,8,10H2,1-2H3,(H2,23,26,27). The van der Waals surface area contributed by atoms with Crippen molar-refractivity contribution in [3.05, 3.63) is 34.4 Å². The first-order chi connectivity index (χ1) is 14.5. The predicted molar refractivity (Wildman–Crippen MR) is 113 cm³/mol. The topological polar surface area (TPSA) is 124 Å². The summed E-state index contributed by atoms with van der Waals surface area (Å²) in [5, 5.41) is 13.1. The number of anilines is 1. The Morgan fingerprint density at radius 2 is 2.03 bits per heavy atom. The number of nitrogens with zero attached hydrogens (tertiary/aromatic N) is 5. The third-order valence-electron chi connectivity index (χ3n) is 4.85. The van der Waals surface area contributed by atoms with Crippen molar-refractivity contribution < 1.29 is 9.47 Å². The van der Waals surface area contributed by atoms with E-state index < -0.39 is 0 Å². The molecule has 0 amide bonds. The number of ether oxygens (including phenoxy) is 2. The fourth-order valence-corrected chi connectivity index (χ4v) is 3.61. The zero-order valence-corrected chi connectivity index (χ0v) is 17.5. The van der Waals surface area contributed by atoms with Crippen LogP contribution in [0, 0.1) is 11.3 Å². The van der Waals surface area contributed by atoms with Gasteiger partial charge in [-0.15, -0.1) is 0 Å². The summed E-state index contributed by atoms with van der Waals surface area (Å²) in [6.45, 7) is 5.88. The Morgan fingerprint density at radius 3 is 2.77 bits per heavy atom. The second-order valence-electron chi connectivity index (χ2n) is 7.34. The lowest BCUT2D eigenvalue weighted by Gasteiger charge is -2.12. The second kappa shape index (κ2) is 8.34. The number of hydrogen-bond donors (Lipinski definition) is 2. The fourth-order valence-electron chi connectivity index (χ4n) is 3.44. The van der Waals surface area contributed by atoms with Crippen LogP contribution < -0.4 is 20.5 Å². The van der Waals surface area contributed by atoms with E-state index in [1.807, 2.05) is 10.6 Å². The van der Waals surface area contributed by atoms with Gasteiger partial charge in [-0.05, 0) is 36.2 Å². The highest BCUT2D eigenvalue weighted by atomic mass is 35.5. The van der Waals surface area contributed by atoms with Gasteiger partial charge in [0.05, 0.1) is 11.6 Å². The maximum absolute atomic E-state index is 9.60. The molecule has 2 aromatic heterocycles. The third kappa shape index (κ3) is 3.97. The molecule has 156 valence electrons. The maximum Gasteiger partial charge on any atom is 0.231 e. The first-order valence-corrected chi connectivity index (χ1v) is 10.1. The molecule has 3 heterocycles. The van der Waals surface area contributed by atoms with E-state index in [-0.39, 0.29) is 17.9 Å². The molecule has 0 atom stereocenters. The van der Waals surface area contributed by atoms with Gasteiger partial charge in [-0.25, -0.2) is 4.98 Å². The Labute approximate surface area is 178 Å². The molecular formula is C20H22ClN7O2. The molecule has 10 heteroatoms. The van der Waals surface area contributed by atoms with E-state index in [0.29, 0.717) is 47.2 Å². The Bertz CT molecular complexity index is 1140. The van der Waals surface area contributed by atoms with Crippen molar-refractivity contribution in [1.29, 1.82) is 5.26 Å². The van der Waals surface area contributed by atoms with Crippen molar-refractivity contribution in [2.45, 2.75) is 39.3 Å². The van der Waals surface area contributed by atoms with Crippen LogP contribution in [-0.4, -0.2) is 38.9 Å². The van der Waals surface area contributed by atoms with Crippen molar-refractivity contribution in [3.63, 3.8) is 0 Å². The summed E-state index contributed by atoms with van der Waals surface area (Å²) in [7, 11) is 0. The maximum atomic E-state index is 9.60. The van der Waals surface area contributed by atoms with Gasteiger partial charge in [0.15, 0.2) is 28.5 Å². The molecule has 9 nitrogen and oxygen atoms in total. The van der Waals surface area contributed by atoms with Crippen LogP contribution in [0.15, 0.2) is 12.1 Å². The van der Waals surface area contributed by atoms with Gasteiger partial charge in [0.2, 0.25) is 12.1 Å². The van der Waals surface area contributed by atoms with Crippen LogP contribution in [-0.2, 0) is 13.0 Å². The highest BCUT2D eigenvalue weighted by molar-refractivity contribution is 6.28. The van der Waals surface area contributed by atoms with Crippen LogP contribution in [0.25, 0.3) is 11.2 Å². The number of aryl methyl sites for hydroxylation is 1. The van der Waals surface area contributed by atoms with E-state index in [9.17, 15) is 5.26 Å². The van der Waals surface area contributed by atoms with E-state index in [2.05, 4.69) is 40.2 Å². The molecule has 1 aliphatic rings. The van der Waals surface area contributed by atoms with E-state index in [0.717, 1.165) is 24.4 Å². The normalized spacial score (nSPS) is 12.6. The largest absolute Gasteiger partial charge is 0.454 e. The number of fused-ring (bicyclic) bond motifs is 2. The van der Waals surface area contributed by atoms with E-state index >= 15 is 0 Å². The molecule has 4 rings (SSSR count). The van der Waals surface area contributed by atoms with Gasteiger partial charge < -0.3 is 25.1 Å². The number of hydrogen-bond acceptors (Lipinski definition) is 8. The SMILES string of the molecule is CC(C)NCCCn1c(Cc2cc3c(cc2C#N)OCO3)nc2c(N)nc(Cl)nc21. The zero-order chi connectivity index (χ0) is 21.3. The number of rotatable bonds is 7. The summed E-state index contributed by atoms with van der Waals surface area (Å²) in [5.41, 5.74) is 8.44. The summed E-state index contributed by atoms with van der Waals surface area (Å²) in [6.07, 6.45) is 1.27. The number of nitrogens with one attached hydrogen (secondary N) is 1. The first-order valence-electron chi connectivity index (χ1n) is 9.70. The van der Waals surface area contributed by atoms with Gasteiger partial charge in [-0.2, -0.15) is 15.2 Å². The van der Waals surface area contributed by atoms with Gasteiger partial charge in [0, 0.05) is 25.1 Å². The lowest BCUT2D eigenvalue weighted by Crippen LogP contribution is -2.24. The summed E-state index contributed by atoms with van der Waals surface area (Å²) < 4.78 is 12.8. The molecule has 3 aromatic rings. The Morgan fingerprint density at radius 1 is 1.27 bits per heavy atom. The van der Waals surface area contributed by atoms with Gasteiger partial charge in [0.25, 0.3) is 0 Å². The fraction of sp³-hybridized carbons (Fsp3) is 0.400. The number of benzene rings is 1. The molecule has 0 fully saturated rings. The number of halogens is 1. The molecule has 1 aromatic carbocycles. The minimum atomic E-state index is 0.0776. The highest BCUT2D eigenvalue weighted by Crippen LogP contribution is 2.35. The number of nitriles is 1. The van der Waals surface area contributed by atoms with Crippen LogP contribution >= 0.6 is 11.6 Å². The van der Waals surface area contributed by atoms with Gasteiger partial charge in [-0.3, -0.25) is 0 Å². The van der Waals surface area contributed by atoms with Crippen molar-refractivity contribution in [3.8, 4) is 17.6 Å². The van der Waals surface area contributed by atoms with Crippen LogP contribution in [0.2, 0.25) is 5.28 Å². The second-order valence-corrected chi connectivity index (χ2v) is 7.68. The van der Waals surface area contributed by atoms with Crippen LogP contribution in [0.1, 0.15) is 37.2 Å². The molecule has 0 saturated heterocycles. The summed E-state index contributed by atoms with van der Waals surface area (Å²) in [6, 6.07) is 6.16. The molecule has 0 radical (unpaired) electrons. The summed E-state index contributed by atoms with van der Waals surface area (Å²) in [5.74, 6) is 2.16. The van der Waals surface area contributed by atoms with E-state index in [1.54, 1.807) is 6.07 Å². The number of imidazole rings is 1. The number of nitrogen functional groups attached to an aromatic ring is 1. The smallest absolute Gasteiger partial charge is 0.231 e. The van der Waals surface area contributed by atoms with Crippen molar-refractivity contribution in [1.82, 2.24) is 24.8 Å². The monoisotopic (exact) mass is 427 g/mol. The quantitative estimate of drug-likeness (QED) is 0.435. The van der Waals surface area contributed by atoms with E-state index in [4.69, 9.17) is 26.8 Å². The van der Waals surface area contributed by atoms with Crippen molar-refractivity contribution >= 4 is 28.6 Å². The lowest BCUT2D eigenvalue weighted by atomic mass is 10.0. The minimum Gasteiger partial charge on any atom is -0.454 e. The van der Waals surface area contributed by atoms with Crippen molar-refractivity contribution in [2.24, 2.45) is 0 Å². The molecule has 3 N–H and O–H groups in total. The van der Waals surface area contributed by atoms with Crippen molar-refractivity contribution in [2.75, 3.05) is 19.1 Å². The van der Waals surface area contributed by atoms with Crippen LogP contribution in [0.4, 0.5) is 5.82 Å². The van der Waals surface area contributed by atoms with Gasteiger partial charge >= 0.3 is 0 Å². The van der Waals surface area contributed by atoms with Gasteiger partial charge in [0.1, 0.15) is 5.82 Å². The average molecular weight is 428 g/mol. The number of aromatic nitrogens is 4. The Hall–Kier alpha value is -3.09.